The highest BCUT2D eigenvalue weighted by Gasteiger charge is 2.19. The van der Waals surface area contributed by atoms with Gasteiger partial charge in [-0.2, -0.15) is 0 Å². The van der Waals surface area contributed by atoms with E-state index < -0.39 is 17.5 Å². The van der Waals surface area contributed by atoms with E-state index in [1.165, 1.54) is 18.5 Å². The first kappa shape index (κ1) is 17.0. The molecule has 1 saturated carbocycles. The molecule has 2 amide bonds. The molecule has 1 aliphatic carbocycles. The number of nitrogens with one attached hydrogen (secondary N) is 2. The number of anilines is 1. The van der Waals surface area contributed by atoms with E-state index in [4.69, 9.17) is 0 Å². The van der Waals surface area contributed by atoms with Gasteiger partial charge >= 0.3 is 0 Å². The van der Waals surface area contributed by atoms with Gasteiger partial charge in [0.2, 0.25) is 0 Å². The van der Waals surface area contributed by atoms with Gasteiger partial charge in [0.15, 0.2) is 0 Å². The Labute approximate surface area is 143 Å². The van der Waals surface area contributed by atoms with Crippen molar-refractivity contribution in [2.24, 2.45) is 0 Å². The number of halogens is 2. The Morgan fingerprint density at radius 2 is 1.68 bits per heavy atom. The van der Waals surface area contributed by atoms with Gasteiger partial charge in [-0.3, -0.25) is 14.6 Å². The van der Waals surface area contributed by atoms with Crippen LogP contribution in [0.5, 0.6) is 0 Å². The molecule has 25 heavy (non-hydrogen) atoms. The van der Waals surface area contributed by atoms with Gasteiger partial charge in [-0.15, -0.1) is 0 Å². The Hall–Kier alpha value is -2.83. The first-order valence-corrected chi connectivity index (χ1v) is 8.05. The van der Waals surface area contributed by atoms with Crippen molar-refractivity contribution in [3.05, 3.63) is 59.4 Å². The Bertz CT molecular complexity index is 805. The zero-order valence-corrected chi connectivity index (χ0v) is 13.4. The maximum atomic E-state index is 13.6. The number of rotatable bonds is 4. The van der Waals surface area contributed by atoms with Crippen molar-refractivity contribution in [2.45, 2.75) is 31.7 Å². The van der Waals surface area contributed by atoms with Crippen LogP contribution in [0.2, 0.25) is 0 Å². The van der Waals surface area contributed by atoms with Crippen molar-refractivity contribution in [3.8, 4) is 0 Å². The number of amides is 2. The van der Waals surface area contributed by atoms with Gasteiger partial charge < -0.3 is 10.6 Å². The van der Waals surface area contributed by atoms with E-state index >= 15 is 0 Å². The Kier molecular flexibility index (Phi) is 5.02. The number of nitrogens with zero attached hydrogens (tertiary/aromatic N) is 1. The van der Waals surface area contributed by atoms with E-state index in [2.05, 4.69) is 15.6 Å². The van der Waals surface area contributed by atoms with E-state index in [-0.39, 0.29) is 28.8 Å². The minimum Gasteiger partial charge on any atom is -0.349 e. The summed E-state index contributed by atoms with van der Waals surface area (Å²) in [5.74, 6) is -2.53. The number of benzene rings is 1. The van der Waals surface area contributed by atoms with Crippen LogP contribution in [0, 0.1) is 11.6 Å². The SMILES string of the molecule is O=C(Nc1ccc(F)cc1F)c1cncc(C(=O)NC2CCCC2)c1. The summed E-state index contributed by atoms with van der Waals surface area (Å²) in [6.07, 6.45) is 6.73. The smallest absolute Gasteiger partial charge is 0.257 e. The lowest BCUT2D eigenvalue weighted by atomic mass is 10.1. The summed E-state index contributed by atoms with van der Waals surface area (Å²) in [5, 5.41) is 5.25. The maximum Gasteiger partial charge on any atom is 0.257 e. The quantitative estimate of drug-likeness (QED) is 0.893. The van der Waals surface area contributed by atoms with Crippen LogP contribution in [-0.4, -0.2) is 22.8 Å². The first-order valence-electron chi connectivity index (χ1n) is 8.05. The Balaban J connectivity index is 1.71. The lowest BCUT2D eigenvalue weighted by Gasteiger charge is -2.12. The van der Waals surface area contributed by atoms with Crippen molar-refractivity contribution in [2.75, 3.05) is 5.32 Å². The summed E-state index contributed by atoms with van der Waals surface area (Å²) < 4.78 is 26.5. The van der Waals surface area contributed by atoms with Crippen LogP contribution in [0.15, 0.2) is 36.7 Å². The molecule has 130 valence electrons. The number of carbonyl (C=O) groups is 2. The van der Waals surface area contributed by atoms with Crippen LogP contribution in [0.1, 0.15) is 46.4 Å². The molecule has 0 bridgehead atoms. The van der Waals surface area contributed by atoms with E-state index in [9.17, 15) is 18.4 Å². The molecule has 0 saturated heterocycles. The topological polar surface area (TPSA) is 71.1 Å². The van der Waals surface area contributed by atoms with Crippen LogP contribution in [0.4, 0.5) is 14.5 Å². The molecule has 1 aromatic heterocycles. The normalized spacial score (nSPS) is 14.3. The monoisotopic (exact) mass is 345 g/mol. The molecular weight excluding hydrogens is 328 g/mol. The van der Waals surface area contributed by atoms with Gasteiger partial charge in [0, 0.05) is 24.5 Å². The number of aromatic nitrogens is 1. The molecule has 3 rings (SSSR count). The molecule has 1 fully saturated rings. The fourth-order valence-corrected chi connectivity index (χ4v) is 2.81. The summed E-state index contributed by atoms with van der Waals surface area (Å²) in [6, 6.07) is 4.40. The molecule has 0 unspecified atom stereocenters. The van der Waals surface area contributed by atoms with Crippen molar-refractivity contribution in [1.82, 2.24) is 10.3 Å². The van der Waals surface area contributed by atoms with Crippen LogP contribution in [0.25, 0.3) is 0 Å². The first-order chi connectivity index (χ1) is 12.0. The second-order valence-corrected chi connectivity index (χ2v) is 6.00. The molecule has 0 aliphatic heterocycles. The predicted octanol–water partition coefficient (Wildman–Crippen LogP) is 3.28. The van der Waals surface area contributed by atoms with E-state index in [0.717, 1.165) is 37.8 Å². The predicted molar refractivity (Wildman–Crippen MR) is 88.3 cm³/mol. The minimum absolute atomic E-state index is 0.114. The molecule has 0 spiro atoms. The lowest BCUT2D eigenvalue weighted by molar-refractivity contribution is 0.0937. The van der Waals surface area contributed by atoms with Gasteiger partial charge in [0.1, 0.15) is 11.6 Å². The van der Waals surface area contributed by atoms with Crippen molar-refractivity contribution >= 4 is 17.5 Å². The molecule has 1 aromatic carbocycles. The molecule has 1 heterocycles. The number of carbonyl (C=O) groups excluding carboxylic acids is 2. The van der Waals surface area contributed by atoms with Crippen LogP contribution in [-0.2, 0) is 0 Å². The molecule has 0 atom stereocenters. The fourth-order valence-electron chi connectivity index (χ4n) is 2.81. The zero-order chi connectivity index (χ0) is 17.8. The molecule has 5 nitrogen and oxygen atoms in total. The van der Waals surface area contributed by atoms with Gasteiger partial charge in [0.05, 0.1) is 16.8 Å². The third kappa shape index (κ3) is 4.17. The number of pyridine rings is 1. The van der Waals surface area contributed by atoms with Gasteiger partial charge in [-0.05, 0) is 31.0 Å². The van der Waals surface area contributed by atoms with Gasteiger partial charge in [-0.1, -0.05) is 12.8 Å². The second-order valence-electron chi connectivity index (χ2n) is 6.00. The Morgan fingerprint density at radius 3 is 2.36 bits per heavy atom. The van der Waals surface area contributed by atoms with Crippen LogP contribution < -0.4 is 10.6 Å². The molecule has 2 aromatic rings. The summed E-state index contributed by atoms with van der Waals surface area (Å²) in [6.45, 7) is 0. The van der Waals surface area contributed by atoms with Crippen molar-refractivity contribution in [3.63, 3.8) is 0 Å². The lowest BCUT2D eigenvalue weighted by Crippen LogP contribution is -2.32. The molecule has 7 heteroatoms. The number of hydrogen-bond acceptors (Lipinski definition) is 3. The van der Waals surface area contributed by atoms with Crippen molar-refractivity contribution < 1.29 is 18.4 Å². The third-order valence-electron chi connectivity index (χ3n) is 4.13. The highest BCUT2D eigenvalue weighted by Crippen LogP contribution is 2.19. The van der Waals surface area contributed by atoms with E-state index in [0.29, 0.717) is 6.07 Å². The summed E-state index contributed by atoms with van der Waals surface area (Å²) in [5.41, 5.74) is 0.231. The van der Waals surface area contributed by atoms with Gasteiger partial charge in [-0.25, -0.2) is 8.78 Å². The molecule has 0 radical (unpaired) electrons. The molecule has 1 aliphatic rings. The van der Waals surface area contributed by atoms with Gasteiger partial charge in [0.25, 0.3) is 11.8 Å². The largest absolute Gasteiger partial charge is 0.349 e. The summed E-state index contributed by atoms with van der Waals surface area (Å²) >= 11 is 0. The Morgan fingerprint density at radius 1 is 1.00 bits per heavy atom. The summed E-state index contributed by atoms with van der Waals surface area (Å²) in [4.78, 5) is 28.4. The average molecular weight is 345 g/mol. The molecule has 2 N–H and O–H groups in total. The third-order valence-corrected chi connectivity index (χ3v) is 4.13. The standard InChI is InChI=1S/C18H17F2N3O2/c19-13-5-6-16(15(20)8-13)23-18(25)12-7-11(9-21-10-12)17(24)22-14-3-1-2-4-14/h5-10,14H,1-4H2,(H,22,24)(H,23,25). The molecular formula is C18H17F2N3O2. The van der Waals surface area contributed by atoms with E-state index in [1.807, 2.05) is 0 Å². The maximum absolute atomic E-state index is 13.6. The van der Waals surface area contributed by atoms with Crippen LogP contribution >= 0.6 is 0 Å². The number of hydrogen-bond donors (Lipinski definition) is 2. The minimum atomic E-state index is -0.878. The summed E-state index contributed by atoms with van der Waals surface area (Å²) in [7, 11) is 0. The van der Waals surface area contributed by atoms with Crippen molar-refractivity contribution in [1.29, 1.82) is 0 Å². The zero-order valence-electron chi connectivity index (χ0n) is 13.4. The van der Waals surface area contributed by atoms with Crippen LogP contribution in [0.3, 0.4) is 0 Å². The second kappa shape index (κ2) is 7.38. The highest BCUT2D eigenvalue weighted by atomic mass is 19.1. The average Bonchev–Trinajstić information content (AvgIpc) is 3.10. The van der Waals surface area contributed by atoms with E-state index in [1.54, 1.807) is 0 Å². The highest BCUT2D eigenvalue weighted by molar-refractivity contribution is 6.05. The fraction of sp³-hybridized carbons (Fsp3) is 0.278.